The molecule has 0 amide bonds. The molecule has 23 heavy (non-hydrogen) atoms. The van der Waals surface area contributed by atoms with Crippen LogP contribution in [0.5, 0.6) is 17.2 Å². The van der Waals surface area contributed by atoms with E-state index in [4.69, 9.17) is 25.8 Å². The summed E-state index contributed by atoms with van der Waals surface area (Å²) >= 11 is 6.22. The van der Waals surface area contributed by atoms with Gasteiger partial charge in [0.15, 0.2) is 11.5 Å². The van der Waals surface area contributed by atoms with Crippen molar-refractivity contribution in [2.24, 2.45) is 0 Å². The molecule has 4 rings (SSSR count). The second-order valence-electron chi connectivity index (χ2n) is 5.75. The number of nitrogens with zero attached hydrogens (tertiary/aromatic N) is 3. The molecule has 1 saturated heterocycles. The molecule has 1 aromatic carbocycles. The van der Waals surface area contributed by atoms with E-state index >= 15 is 0 Å². The number of ether oxygens (including phenoxy) is 3. The Morgan fingerprint density at radius 3 is 2.70 bits per heavy atom. The fourth-order valence-electron chi connectivity index (χ4n) is 3.12. The summed E-state index contributed by atoms with van der Waals surface area (Å²) in [5.41, 5.74) is 0.692. The Balaban J connectivity index is 1.77. The number of halogens is 1. The standard InChI is InChI=1S/C16H18ClN3O3/c1-10(20-4-2-3-5-20)23-12-8-11-13(16(17)19-9-18-11)15-14(12)21-6-7-22-15/h8-10H,2-7H2,1H3. The minimum Gasteiger partial charge on any atom is -0.485 e. The summed E-state index contributed by atoms with van der Waals surface area (Å²) < 4.78 is 17.7. The number of aromatic nitrogens is 2. The lowest BCUT2D eigenvalue weighted by molar-refractivity contribution is 0.0533. The lowest BCUT2D eigenvalue weighted by Gasteiger charge is -2.28. The maximum absolute atomic E-state index is 6.22. The number of hydrogen-bond acceptors (Lipinski definition) is 6. The third kappa shape index (κ3) is 2.66. The van der Waals surface area contributed by atoms with E-state index in [1.807, 2.05) is 6.07 Å². The van der Waals surface area contributed by atoms with Crippen molar-refractivity contribution in [3.05, 3.63) is 17.5 Å². The highest BCUT2D eigenvalue weighted by molar-refractivity contribution is 6.34. The first kappa shape index (κ1) is 14.8. The van der Waals surface area contributed by atoms with Gasteiger partial charge in [0.25, 0.3) is 0 Å². The van der Waals surface area contributed by atoms with Crippen LogP contribution >= 0.6 is 11.6 Å². The van der Waals surface area contributed by atoms with Gasteiger partial charge in [-0.05, 0) is 19.8 Å². The van der Waals surface area contributed by atoms with E-state index in [2.05, 4.69) is 21.8 Å². The summed E-state index contributed by atoms with van der Waals surface area (Å²) in [7, 11) is 0. The molecule has 1 unspecified atom stereocenters. The average Bonchev–Trinajstić information content (AvgIpc) is 3.09. The number of fused-ring (bicyclic) bond motifs is 3. The number of rotatable bonds is 3. The van der Waals surface area contributed by atoms with Crippen LogP contribution < -0.4 is 14.2 Å². The van der Waals surface area contributed by atoms with Gasteiger partial charge in [-0.15, -0.1) is 0 Å². The summed E-state index contributed by atoms with van der Waals surface area (Å²) in [4.78, 5) is 10.6. The van der Waals surface area contributed by atoms with Gasteiger partial charge < -0.3 is 14.2 Å². The lowest BCUT2D eigenvalue weighted by Crippen LogP contribution is -2.35. The van der Waals surface area contributed by atoms with E-state index in [0.717, 1.165) is 13.1 Å². The van der Waals surface area contributed by atoms with Crippen LogP contribution in [0.3, 0.4) is 0 Å². The summed E-state index contributed by atoms with van der Waals surface area (Å²) in [5, 5.41) is 1.03. The Kier molecular flexibility index (Phi) is 3.87. The minimum atomic E-state index is -0.0260. The summed E-state index contributed by atoms with van der Waals surface area (Å²) in [6, 6.07) is 1.85. The van der Waals surface area contributed by atoms with Crippen molar-refractivity contribution in [3.63, 3.8) is 0 Å². The quantitative estimate of drug-likeness (QED) is 0.804. The fraction of sp³-hybridized carbons (Fsp3) is 0.500. The van der Waals surface area contributed by atoms with Gasteiger partial charge in [-0.2, -0.15) is 0 Å². The van der Waals surface area contributed by atoms with Gasteiger partial charge in [-0.3, -0.25) is 4.90 Å². The highest BCUT2D eigenvalue weighted by atomic mass is 35.5. The van der Waals surface area contributed by atoms with Crippen LogP contribution in [0.4, 0.5) is 0 Å². The second-order valence-corrected chi connectivity index (χ2v) is 6.11. The Hall–Kier alpha value is -1.79. The van der Waals surface area contributed by atoms with E-state index in [1.54, 1.807) is 0 Å². The first-order valence-electron chi connectivity index (χ1n) is 7.87. The van der Waals surface area contributed by atoms with Crippen LogP contribution in [0.25, 0.3) is 10.9 Å². The van der Waals surface area contributed by atoms with E-state index in [9.17, 15) is 0 Å². The molecule has 0 saturated carbocycles. The molecule has 0 N–H and O–H groups in total. The maximum Gasteiger partial charge on any atom is 0.204 e. The molecule has 0 spiro atoms. The highest BCUT2D eigenvalue weighted by Gasteiger charge is 2.26. The van der Waals surface area contributed by atoms with Crippen molar-refractivity contribution in [2.75, 3.05) is 26.3 Å². The molecule has 0 aliphatic carbocycles. The molecule has 0 bridgehead atoms. The Bertz CT molecular complexity index is 734. The third-order valence-electron chi connectivity index (χ3n) is 4.28. The zero-order valence-electron chi connectivity index (χ0n) is 12.9. The van der Waals surface area contributed by atoms with Gasteiger partial charge in [-0.1, -0.05) is 11.6 Å². The summed E-state index contributed by atoms with van der Waals surface area (Å²) in [6.45, 7) is 5.12. The highest BCUT2D eigenvalue weighted by Crippen LogP contribution is 2.46. The molecule has 1 fully saturated rings. The first-order valence-corrected chi connectivity index (χ1v) is 8.25. The second kappa shape index (κ2) is 6.02. The van der Waals surface area contributed by atoms with Gasteiger partial charge in [0.05, 0.1) is 10.9 Å². The van der Waals surface area contributed by atoms with Crippen LogP contribution in [-0.4, -0.2) is 47.4 Å². The normalized spacial score (nSPS) is 19.0. The minimum absolute atomic E-state index is 0.0260. The molecule has 2 aliphatic heterocycles. The largest absolute Gasteiger partial charge is 0.485 e. The van der Waals surface area contributed by atoms with E-state index in [0.29, 0.717) is 46.5 Å². The molecule has 1 atom stereocenters. The summed E-state index contributed by atoms with van der Waals surface area (Å²) in [6.07, 6.45) is 3.84. The van der Waals surface area contributed by atoms with E-state index in [-0.39, 0.29) is 6.23 Å². The zero-order chi connectivity index (χ0) is 15.8. The van der Waals surface area contributed by atoms with E-state index in [1.165, 1.54) is 19.2 Å². The maximum atomic E-state index is 6.22. The SMILES string of the molecule is CC(Oc1cc2ncnc(Cl)c2c2c1OCCO2)N1CCCC1. The molecule has 7 heteroatoms. The van der Waals surface area contributed by atoms with Crippen LogP contribution in [0.1, 0.15) is 19.8 Å². The molecule has 0 radical (unpaired) electrons. The Labute approximate surface area is 139 Å². The number of likely N-dealkylation sites (tertiary alicyclic amines) is 1. The van der Waals surface area contributed by atoms with Crippen LogP contribution in [0.2, 0.25) is 5.15 Å². The van der Waals surface area contributed by atoms with Gasteiger partial charge in [0.1, 0.15) is 30.9 Å². The topological polar surface area (TPSA) is 56.7 Å². The Morgan fingerprint density at radius 2 is 1.91 bits per heavy atom. The van der Waals surface area contributed by atoms with E-state index < -0.39 is 0 Å². The lowest BCUT2D eigenvalue weighted by atomic mass is 10.2. The van der Waals surface area contributed by atoms with Crippen molar-refractivity contribution in [2.45, 2.75) is 26.0 Å². The van der Waals surface area contributed by atoms with Crippen LogP contribution in [0, 0.1) is 0 Å². The first-order chi connectivity index (χ1) is 11.2. The van der Waals surface area contributed by atoms with Gasteiger partial charge in [0.2, 0.25) is 5.75 Å². The monoisotopic (exact) mass is 335 g/mol. The van der Waals surface area contributed by atoms with Crippen LogP contribution in [-0.2, 0) is 0 Å². The predicted molar refractivity (Wildman–Crippen MR) is 86.4 cm³/mol. The molecule has 2 aliphatic rings. The molecule has 1 aromatic heterocycles. The summed E-state index contributed by atoms with van der Waals surface area (Å²) in [5.74, 6) is 1.80. The van der Waals surface area contributed by atoms with Crippen molar-refractivity contribution in [1.82, 2.24) is 14.9 Å². The fourth-order valence-corrected chi connectivity index (χ4v) is 3.35. The van der Waals surface area contributed by atoms with Gasteiger partial charge >= 0.3 is 0 Å². The van der Waals surface area contributed by atoms with Crippen molar-refractivity contribution < 1.29 is 14.2 Å². The Morgan fingerprint density at radius 1 is 1.17 bits per heavy atom. The molecular weight excluding hydrogens is 318 g/mol. The van der Waals surface area contributed by atoms with Crippen LogP contribution in [0.15, 0.2) is 12.4 Å². The van der Waals surface area contributed by atoms with Gasteiger partial charge in [0, 0.05) is 19.2 Å². The van der Waals surface area contributed by atoms with Crippen molar-refractivity contribution in [1.29, 1.82) is 0 Å². The molecule has 6 nitrogen and oxygen atoms in total. The van der Waals surface area contributed by atoms with Crippen molar-refractivity contribution >= 4 is 22.5 Å². The molecule has 3 heterocycles. The van der Waals surface area contributed by atoms with Gasteiger partial charge in [-0.25, -0.2) is 9.97 Å². The molecule has 2 aromatic rings. The third-order valence-corrected chi connectivity index (χ3v) is 4.57. The molecule has 122 valence electrons. The zero-order valence-corrected chi connectivity index (χ0v) is 13.7. The predicted octanol–water partition coefficient (Wildman–Crippen LogP) is 2.88. The number of hydrogen-bond donors (Lipinski definition) is 0. The number of benzene rings is 1. The molecular formula is C16H18ClN3O3. The smallest absolute Gasteiger partial charge is 0.204 e. The average molecular weight is 336 g/mol. The van der Waals surface area contributed by atoms with Crippen molar-refractivity contribution in [3.8, 4) is 17.2 Å².